The lowest BCUT2D eigenvalue weighted by molar-refractivity contribution is 0.146. The van der Waals surface area contributed by atoms with Crippen LogP contribution in [-0.2, 0) is 6.42 Å². The molecule has 0 amide bonds. The van der Waals surface area contributed by atoms with Crippen LogP contribution in [0.3, 0.4) is 0 Å². The number of halogens is 1. The molecule has 0 saturated carbocycles. The van der Waals surface area contributed by atoms with Gasteiger partial charge in [0.1, 0.15) is 11.4 Å². The fraction of sp³-hybridized carbons (Fsp3) is 0.478. The molecule has 1 atom stereocenters. The van der Waals surface area contributed by atoms with Crippen molar-refractivity contribution in [1.82, 2.24) is 24.9 Å². The van der Waals surface area contributed by atoms with Gasteiger partial charge in [0, 0.05) is 39.0 Å². The number of nitrogens with zero attached hydrogens (tertiary/aromatic N) is 4. The molecule has 3 aromatic heterocycles. The molecule has 0 aromatic carbocycles. The molecular weight excluding hydrogens is 503 g/mol. The van der Waals surface area contributed by atoms with E-state index in [4.69, 9.17) is 9.40 Å². The lowest BCUT2D eigenvalue weighted by Crippen LogP contribution is -2.44. The largest absolute Gasteiger partial charge is 0.468 e. The number of imidazole rings is 1. The smallest absolute Gasteiger partial charge is 0.191 e. The quantitative estimate of drug-likeness (QED) is 0.273. The minimum Gasteiger partial charge on any atom is -0.468 e. The predicted molar refractivity (Wildman–Crippen MR) is 135 cm³/mol. The number of aromatic nitrogens is 2. The molecule has 2 N–H and O–H groups in total. The summed E-state index contributed by atoms with van der Waals surface area (Å²) in [5.41, 5.74) is 3.29. The van der Waals surface area contributed by atoms with Crippen molar-refractivity contribution in [1.29, 1.82) is 0 Å². The molecule has 8 heteroatoms. The van der Waals surface area contributed by atoms with E-state index in [0.717, 1.165) is 55.7 Å². The molecule has 0 aliphatic carbocycles. The Morgan fingerprint density at radius 1 is 1.19 bits per heavy atom. The molecule has 1 unspecified atom stereocenters. The summed E-state index contributed by atoms with van der Waals surface area (Å²) < 4.78 is 7.83. The van der Waals surface area contributed by atoms with Gasteiger partial charge in [-0.05, 0) is 56.6 Å². The maximum absolute atomic E-state index is 5.74. The highest BCUT2D eigenvalue weighted by Gasteiger charge is 2.24. The zero-order chi connectivity index (χ0) is 20.8. The molecule has 168 valence electrons. The highest BCUT2D eigenvalue weighted by Crippen LogP contribution is 2.24. The van der Waals surface area contributed by atoms with E-state index >= 15 is 0 Å². The van der Waals surface area contributed by atoms with Gasteiger partial charge < -0.3 is 19.5 Å². The molecule has 7 nitrogen and oxygen atoms in total. The first-order valence-electron chi connectivity index (χ1n) is 10.9. The van der Waals surface area contributed by atoms with E-state index in [1.807, 2.05) is 19.3 Å². The molecule has 0 bridgehead atoms. The van der Waals surface area contributed by atoms with Crippen LogP contribution in [0, 0.1) is 6.92 Å². The number of nitrogens with one attached hydrogen (secondary N) is 2. The lowest BCUT2D eigenvalue weighted by atomic mass is 10.1. The van der Waals surface area contributed by atoms with E-state index in [-0.39, 0.29) is 30.0 Å². The van der Waals surface area contributed by atoms with Crippen molar-refractivity contribution in [2.45, 2.75) is 38.6 Å². The predicted octanol–water partition coefficient (Wildman–Crippen LogP) is 3.79. The molecule has 4 rings (SSSR count). The monoisotopic (exact) mass is 536 g/mol. The van der Waals surface area contributed by atoms with Crippen LogP contribution >= 0.6 is 24.0 Å². The number of hydrogen-bond acceptors (Lipinski definition) is 4. The van der Waals surface area contributed by atoms with Gasteiger partial charge >= 0.3 is 0 Å². The Morgan fingerprint density at radius 3 is 2.74 bits per heavy atom. The minimum atomic E-state index is 0. The molecular formula is C23H33IN6O. The van der Waals surface area contributed by atoms with E-state index in [0.29, 0.717) is 0 Å². The van der Waals surface area contributed by atoms with Crippen LogP contribution in [0.5, 0.6) is 0 Å². The van der Waals surface area contributed by atoms with Crippen LogP contribution in [0.1, 0.15) is 42.3 Å². The number of rotatable bonds is 7. The summed E-state index contributed by atoms with van der Waals surface area (Å²) in [7, 11) is 1.81. The van der Waals surface area contributed by atoms with Crippen molar-refractivity contribution in [3.63, 3.8) is 0 Å². The van der Waals surface area contributed by atoms with Crippen molar-refractivity contribution < 1.29 is 4.42 Å². The Morgan fingerprint density at radius 2 is 2.03 bits per heavy atom. The van der Waals surface area contributed by atoms with Gasteiger partial charge in [-0.1, -0.05) is 12.5 Å². The number of aliphatic imine (C=N–C) groups is 1. The van der Waals surface area contributed by atoms with Gasteiger partial charge in [0.25, 0.3) is 0 Å². The average Bonchev–Trinajstić information content (AvgIpc) is 3.44. The summed E-state index contributed by atoms with van der Waals surface area (Å²) in [5.74, 6) is 1.82. The fourth-order valence-corrected chi connectivity index (χ4v) is 4.17. The minimum absolute atomic E-state index is 0. The van der Waals surface area contributed by atoms with Gasteiger partial charge in [0.15, 0.2) is 5.96 Å². The molecule has 1 aliphatic heterocycles. The molecule has 1 saturated heterocycles. The third-order valence-corrected chi connectivity index (χ3v) is 5.79. The van der Waals surface area contributed by atoms with Crippen LogP contribution < -0.4 is 10.6 Å². The summed E-state index contributed by atoms with van der Waals surface area (Å²) in [4.78, 5) is 11.7. The van der Waals surface area contributed by atoms with Crippen molar-refractivity contribution in [3.05, 3.63) is 59.9 Å². The van der Waals surface area contributed by atoms with E-state index < -0.39 is 0 Å². The molecule has 31 heavy (non-hydrogen) atoms. The molecule has 3 aromatic rings. The second-order valence-corrected chi connectivity index (χ2v) is 7.91. The Balaban J connectivity index is 0.00000272. The number of fused-ring (bicyclic) bond motifs is 1. The van der Waals surface area contributed by atoms with Crippen LogP contribution in [0.4, 0.5) is 0 Å². The normalized spacial score (nSPS) is 16.1. The van der Waals surface area contributed by atoms with Gasteiger partial charge in [-0.25, -0.2) is 4.98 Å². The first-order chi connectivity index (χ1) is 14.7. The second kappa shape index (κ2) is 11.5. The van der Waals surface area contributed by atoms with Crippen molar-refractivity contribution in [2.24, 2.45) is 4.99 Å². The van der Waals surface area contributed by atoms with E-state index in [9.17, 15) is 0 Å². The van der Waals surface area contributed by atoms with Gasteiger partial charge in [0.05, 0.1) is 18.0 Å². The Bertz CT molecular complexity index is 962. The highest BCUT2D eigenvalue weighted by molar-refractivity contribution is 14.0. The Labute approximate surface area is 201 Å². The number of guanidine groups is 1. The SMILES string of the molecule is CN=C(NCCc1cn2cccc(C)c2n1)NCC(c1ccco1)N1CCCCC1.I. The summed E-state index contributed by atoms with van der Waals surface area (Å²) in [6.45, 7) is 5.87. The topological polar surface area (TPSA) is 70.1 Å². The number of hydrogen-bond donors (Lipinski definition) is 2. The van der Waals surface area contributed by atoms with Crippen LogP contribution in [0.25, 0.3) is 5.65 Å². The molecule has 0 radical (unpaired) electrons. The first kappa shape index (κ1) is 23.6. The van der Waals surface area contributed by atoms with Crippen LogP contribution in [0.2, 0.25) is 0 Å². The van der Waals surface area contributed by atoms with E-state index in [2.05, 4.69) is 56.2 Å². The molecule has 0 spiro atoms. The van der Waals surface area contributed by atoms with Crippen molar-refractivity contribution >= 4 is 35.6 Å². The molecule has 4 heterocycles. The lowest BCUT2D eigenvalue weighted by Gasteiger charge is -2.33. The van der Waals surface area contributed by atoms with E-state index in [1.54, 1.807) is 6.26 Å². The van der Waals surface area contributed by atoms with Gasteiger partial charge in [-0.15, -0.1) is 24.0 Å². The van der Waals surface area contributed by atoms with E-state index in [1.165, 1.54) is 24.8 Å². The number of furan rings is 1. The summed E-state index contributed by atoms with van der Waals surface area (Å²) >= 11 is 0. The maximum Gasteiger partial charge on any atom is 0.191 e. The van der Waals surface area contributed by atoms with Gasteiger partial charge in [-0.2, -0.15) is 0 Å². The van der Waals surface area contributed by atoms with Gasteiger partial charge in [0.2, 0.25) is 0 Å². The number of aryl methyl sites for hydroxylation is 1. The number of pyridine rings is 1. The molecule has 1 aliphatic rings. The summed E-state index contributed by atoms with van der Waals surface area (Å²) in [6.07, 6.45) is 10.6. The first-order valence-corrected chi connectivity index (χ1v) is 10.9. The molecule has 1 fully saturated rings. The standard InChI is InChI=1S/C23H32N6O.HI/c1-18-8-6-14-29-17-19(27-22(18)29)10-11-25-23(24-2)26-16-20(21-9-7-15-30-21)28-12-4-3-5-13-28;/h6-9,14-15,17,20H,3-5,10-13,16H2,1-2H3,(H2,24,25,26);1H. The summed E-state index contributed by atoms with van der Waals surface area (Å²) in [5, 5.41) is 6.91. The van der Waals surface area contributed by atoms with Crippen LogP contribution in [-0.4, -0.2) is 53.5 Å². The Kier molecular flexibility index (Phi) is 8.77. The van der Waals surface area contributed by atoms with Crippen molar-refractivity contribution in [3.8, 4) is 0 Å². The zero-order valence-corrected chi connectivity index (χ0v) is 20.7. The van der Waals surface area contributed by atoms with Crippen molar-refractivity contribution in [2.75, 3.05) is 33.2 Å². The average molecular weight is 536 g/mol. The maximum atomic E-state index is 5.74. The third kappa shape index (κ3) is 6.00. The van der Waals surface area contributed by atoms with Crippen LogP contribution in [0.15, 0.2) is 52.3 Å². The summed E-state index contributed by atoms with van der Waals surface area (Å²) in [6, 6.07) is 8.40. The number of piperidine rings is 1. The van der Waals surface area contributed by atoms with Gasteiger partial charge in [-0.3, -0.25) is 9.89 Å². The zero-order valence-electron chi connectivity index (χ0n) is 18.4. The highest BCUT2D eigenvalue weighted by atomic mass is 127. The second-order valence-electron chi connectivity index (χ2n) is 7.91. The fourth-order valence-electron chi connectivity index (χ4n) is 4.17. The number of likely N-dealkylation sites (tertiary alicyclic amines) is 1. The Hall–Kier alpha value is -2.07. The third-order valence-electron chi connectivity index (χ3n) is 5.79.